The van der Waals surface area contributed by atoms with Gasteiger partial charge in [0.2, 0.25) is 10.0 Å². The van der Waals surface area contributed by atoms with E-state index in [0.29, 0.717) is 5.02 Å². The molecule has 1 heterocycles. The maximum absolute atomic E-state index is 12.4. The molecule has 1 aromatic carbocycles. The highest BCUT2D eigenvalue weighted by Gasteiger charge is 2.32. The van der Waals surface area contributed by atoms with Gasteiger partial charge >= 0.3 is 0 Å². The second-order valence-corrected chi connectivity index (χ2v) is 6.58. The van der Waals surface area contributed by atoms with Gasteiger partial charge in [-0.15, -0.1) is 0 Å². The van der Waals surface area contributed by atoms with Crippen molar-refractivity contribution >= 4 is 27.5 Å². The zero-order chi connectivity index (χ0) is 14.8. The number of amidine groups is 1. The van der Waals surface area contributed by atoms with Crippen LogP contribution in [-0.4, -0.2) is 49.6 Å². The molecular weight excluding hydrogens is 306 g/mol. The third-order valence-electron chi connectivity index (χ3n) is 2.93. The predicted molar refractivity (Wildman–Crippen MR) is 73.4 cm³/mol. The first-order valence-corrected chi connectivity index (χ1v) is 7.61. The summed E-state index contributed by atoms with van der Waals surface area (Å²) < 4.78 is 31.4. The van der Waals surface area contributed by atoms with Crippen molar-refractivity contribution in [2.45, 2.75) is 11.0 Å². The van der Waals surface area contributed by atoms with Crippen molar-refractivity contribution < 1.29 is 18.4 Å². The van der Waals surface area contributed by atoms with Gasteiger partial charge in [0.1, 0.15) is 6.10 Å². The molecule has 20 heavy (non-hydrogen) atoms. The van der Waals surface area contributed by atoms with Crippen LogP contribution in [0, 0.1) is 0 Å². The molecule has 3 N–H and O–H groups in total. The number of oxime groups is 1. The Morgan fingerprint density at radius 2 is 2.10 bits per heavy atom. The Kier molecular flexibility index (Phi) is 4.48. The molecule has 1 saturated heterocycles. The van der Waals surface area contributed by atoms with Crippen LogP contribution in [0.15, 0.2) is 34.3 Å². The summed E-state index contributed by atoms with van der Waals surface area (Å²) in [7, 11) is -3.65. The van der Waals surface area contributed by atoms with E-state index in [2.05, 4.69) is 5.16 Å². The maximum atomic E-state index is 12.4. The molecule has 0 saturated carbocycles. The molecule has 110 valence electrons. The van der Waals surface area contributed by atoms with E-state index in [9.17, 15) is 8.42 Å². The largest absolute Gasteiger partial charge is 0.409 e. The first-order chi connectivity index (χ1) is 9.45. The van der Waals surface area contributed by atoms with E-state index >= 15 is 0 Å². The van der Waals surface area contributed by atoms with Crippen molar-refractivity contribution in [3.05, 3.63) is 29.3 Å². The fourth-order valence-electron chi connectivity index (χ4n) is 1.84. The Bertz CT molecular complexity index is 603. The fraction of sp³-hybridized carbons (Fsp3) is 0.364. The molecule has 1 atom stereocenters. The third kappa shape index (κ3) is 3.04. The van der Waals surface area contributed by atoms with Gasteiger partial charge in [-0.1, -0.05) is 16.8 Å². The van der Waals surface area contributed by atoms with E-state index in [1.54, 1.807) is 0 Å². The molecule has 0 amide bonds. The molecule has 2 rings (SSSR count). The Morgan fingerprint density at radius 1 is 1.45 bits per heavy atom. The molecule has 1 aliphatic rings. The van der Waals surface area contributed by atoms with E-state index in [1.807, 2.05) is 0 Å². The monoisotopic (exact) mass is 319 g/mol. The number of ether oxygens (including phenoxy) is 1. The van der Waals surface area contributed by atoms with Gasteiger partial charge in [-0.05, 0) is 24.3 Å². The topological polar surface area (TPSA) is 105 Å². The standard InChI is InChI=1S/C11H14ClN3O4S/c12-8-1-3-9(4-2-8)20(17,18)15-5-6-19-10(7-15)11(13)14-16/h1-4,10,16H,5-7H2,(H2,13,14). The smallest absolute Gasteiger partial charge is 0.243 e. The van der Waals surface area contributed by atoms with E-state index in [1.165, 1.54) is 28.6 Å². The van der Waals surface area contributed by atoms with Crippen LogP contribution in [0.25, 0.3) is 0 Å². The van der Waals surface area contributed by atoms with Crippen molar-refractivity contribution in [1.82, 2.24) is 4.31 Å². The minimum absolute atomic E-state index is 0.000846. The number of sulfonamides is 1. The molecule has 0 radical (unpaired) electrons. The summed E-state index contributed by atoms with van der Waals surface area (Å²) in [5.41, 5.74) is 5.45. The summed E-state index contributed by atoms with van der Waals surface area (Å²) in [6, 6.07) is 5.89. The van der Waals surface area contributed by atoms with Crippen LogP contribution in [-0.2, 0) is 14.8 Å². The van der Waals surface area contributed by atoms with Gasteiger partial charge in [-0.3, -0.25) is 0 Å². The Morgan fingerprint density at radius 3 is 2.70 bits per heavy atom. The van der Waals surface area contributed by atoms with Crippen LogP contribution in [0.5, 0.6) is 0 Å². The second-order valence-electron chi connectivity index (χ2n) is 4.20. The summed E-state index contributed by atoms with van der Waals surface area (Å²) >= 11 is 5.74. The minimum atomic E-state index is -3.65. The summed E-state index contributed by atoms with van der Waals surface area (Å²) in [6.07, 6.45) is -0.754. The normalized spacial score (nSPS) is 21.9. The zero-order valence-electron chi connectivity index (χ0n) is 10.4. The first kappa shape index (κ1) is 15.0. The predicted octanol–water partition coefficient (Wildman–Crippen LogP) is 0.476. The zero-order valence-corrected chi connectivity index (χ0v) is 12.0. The highest BCUT2D eigenvalue weighted by molar-refractivity contribution is 7.89. The number of morpholine rings is 1. The van der Waals surface area contributed by atoms with Crippen LogP contribution in [0.2, 0.25) is 5.02 Å². The van der Waals surface area contributed by atoms with Gasteiger partial charge in [0.15, 0.2) is 5.84 Å². The molecule has 7 nitrogen and oxygen atoms in total. The fourth-order valence-corrected chi connectivity index (χ4v) is 3.39. The number of nitrogens with zero attached hydrogens (tertiary/aromatic N) is 2. The second kappa shape index (κ2) is 5.96. The van der Waals surface area contributed by atoms with E-state index < -0.39 is 16.1 Å². The molecule has 1 fully saturated rings. The lowest BCUT2D eigenvalue weighted by Crippen LogP contribution is -2.50. The van der Waals surface area contributed by atoms with Crippen LogP contribution in [0.1, 0.15) is 0 Å². The van der Waals surface area contributed by atoms with E-state index in [0.717, 1.165) is 0 Å². The summed E-state index contributed by atoms with van der Waals surface area (Å²) in [6.45, 7) is 0.384. The maximum Gasteiger partial charge on any atom is 0.243 e. The molecular formula is C11H14ClN3O4S. The molecule has 1 aromatic rings. The lowest BCUT2D eigenvalue weighted by molar-refractivity contribution is 0.0355. The van der Waals surface area contributed by atoms with Gasteiger partial charge in [0.05, 0.1) is 11.5 Å². The SMILES string of the molecule is NC(=NO)C1CN(S(=O)(=O)c2ccc(Cl)cc2)CCO1. The number of halogens is 1. The molecule has 0 aliphatic carbocycles. The van der Waals surface area contributed by atoms with Gasteiger partial charge in [-0.2, -0.15) is 4.31 Å². The Balaban J connectivity index is 2.23. The average Bonchev–Trinajstić information content (AvgIpc) is 2.47. The van der Waals surface area contributed by atoms with Crippen LogP contribution in [0.4, 0.5) is 0 Å². The number of nitrogens with two attached hydrogens (primary N) is 1. The Labute approximate surface area is 121 Å². The first-order valence-electron chi connectivity index (χ1n) is 5.80. The molecule has 0 bridgehead atoms. The lowest BCUT2D eigenvalue weighted by atomic mass is 10.3. The van der Waals surface area contributed by atoms with Gasteiger partial charge in [0.25, 0.3) is 0 Å². The summed E-state index contributed by atoms with van der Waals surface area (Å²) in [5.74, 6) is -0.152. The highest BCUT2D eigenvalue weighted by atomic mass is 35.5. The van der Waals surface area contributed by atoms with Crippen LogP contribution < -0.4 is 5.73 Å². The molecule has 1 unspecified atom stereocenters. The van der Waals surface area contributed by atoms with E-state index in [4.69, 9.17) is 27.3 Å². The van der Waals surface area contributed by atoms with Gasteiger partial charge in [-0.25, -0.2) is 8.42 Å². The Hall–Kier alpha value is -1.35. The number of rotatable bonds is 3. The third-order valence-corrected chi connectivity index (χ3v) is 5.06. The molecule has 0 aromatic heterocycles. The summed E-state index contributed by atoms with van der Waals surface area (Å²) in [4.78, 5) is 0.141. The van der Waals surface area contributed by atoms with Gasteiger partial charge in [0, 0.05) is 18.1 Å². The highest BCUT2D eigenvalue weighted by Crippen LogP contribution is 2.20. The number of hydrogen-bond donors (Lipinski definition) is 2. The minimum Gasteiger partial charge on any atom is -0.409 e. The molecule has 9 heteroatoms. The average molecular weight is 320 g/mol. The quantitative estimate of drug-likeness (QED) is 0.365. The lowest BCUT2D eigenvalue weighted by Gasteiger charge is -2.31. The van der Waals surface area contributed by atoms with E-state index in [-0.39, 0.29) is 30.4 Å². The van der Waals surface area contributed by atoms with Crippen molar-refractivity contribution in [1.29, 1.82) is 0 Å². The molecule has 0 spiro atoms. The molecule has 1 aliphatic heterocycles. The number of benzene rings is 1. The summed E-state index contributed by atoms with van der Waals surface area (Å²) in [5, 5.41) is 11.9. The van der Waals surface area contributed by atoms with Crippen molar-refractivity contribution in [3.8, 4) is 0 Å². The van der Waals surface area contributed by atoms with Crippen molar-refractivity contribution in [3.63, 3.8) is 0 Å². The van der Waals surface area contributed by atoms with Gasteiger partial charge < -0.3 is 15.7 Å². The van der Waals surface area contributed by atoms with Crippen molar-refractivity contribution in [2.75, 3.05) is 19.7 Å². The number of hydrogen-bond acceptors (Lipinski definition) is 5. The van der Waals surface area contributed by atoms with Crippen molar-refractivity contribution in [2.24, 2.45) is 10.9 Å². The van der Waals surface area contributed by atoms with Crippen LogP contribution >= 0.6 is 11.6 Å². The van der Waals surface area contributed by atoms with Crippen LogP contribution in [0.3, 0.4) is 0 Å².